The number of carbonyl (C=O) groups excluding carboxylic acids is 1. The Balaban J connectivity index is 2.21. The Kier molecular flexibility index (Phi) is 3.69. The van der Waals surface area contributed by atoms with E-state index < -0.39 is 17.8 Å². The predicted molar refractivity (Wildman–Crippen MR) is 70.6 cm³/mol. The summed E-state index contributed by atoms with van der Waals surface area (Å²) in [7, 11) is 0. The van der Waals surface area contributed by atoms with Gasteiger partial charge < -0.3 is 9.84 Å². The molecule has 1 amide bonds. The van der Waals surface area contributed by atoms with E-state index in [2.05, 4.69) is 4.98 Å². The molecule has 1 N–H and O–H groups in total. The van der Waals surface area contributed by atoms with Crippen LogP contribution in [0.5, 0.6) is 0 Å². The molecule has 7 heteroatoms. The third kappa shape index (κ3) is 2.92. The molecule has 1 atom stereocenters. The molecule has 0 spiro atoms. The smallest absolute Gasteiger partial charge is 0.417 e. The van der Waals surface area contributed by atoms with E-state index in [1.165, 1.54) is 12.5 Å². The van der Waals surface area contributed by atoms with Crippen LogP contribution < -0.4 is 0 Å². The monoisotopic (exact) mass is 281 g/mol. The summed E-state index contributed by atoms with van der Waals surface area (Å²) in [5.41, 5.74) is -0.0714. The molecule has 1 saturated heterocycles. The van der Waals surface area contributed by atoms with E-state index in [-0.39, 0.29) is 6.04 Å². The van der Waals surface area contributed by atoms with Crippen molar-refractivity contribution in [2.24, 2.45) is 0 Å². The van der Waals surface area contributed by atoms with Gasteiger partial charge in [0.1, 0.15) is 11.9 Å². The number of ether oxygens (including phenoxy) is 1. The zero-order chi connectivity index (χ0) is 14.9. The Morgan fingerprint density at radius 2 is 2.15 bits per heavy atom. The van der Waals surface area contributed by atoms with Gasteiger partial charge in [-0.15, -0.1) is 0 Å². The van der Waals surface area contributed by atoms with Crippen molar-refractivity contribution in [3.63, 3.8) is 0 Å². The van der Waals surface area contributed by atoms with Crippen LogP contribution in [0.2, 0.25) is 0 Å². The second-order valence-electron chi connectivity index (χ2n) is 5.80. The van der Waals surface area contributed by atoms with Crippen molar-refractivity contribution in [2.75, 3.05) is 6.54 Å². The SMILES string of the molecule is CC(C)(C)OC(=O)N1CCC[C@H]1c1cncn1C(=O)O. The molecule has 2 heterocycles. The maximum absolute atomic E-state index is 12.2. The second-order valence-corrected chi connectivity index (χ2v) is 5.80. The summed E-state index contributed by atoms with van der Waals surface area (Å²) in [5.74, 6) is 0. The quantitative estimate of drug-likeness (QED) is 0.854. The van der Waals surface area contributed by atoms with E-state index in [4.69, 9.17) is 9.84 Å². The summed E-state index contributed by atoms with van der Waals surface area (Å²) in [4.78, 5) is 28.7. The van der Waals surface area contributed by atoms with E-state index in [0.29, 0.717) is 18.7 Å². The first-order valence-corrected chi connectivity index (χ1v) is 6.55. The lowest BCUT2D eigenvalue weighted by atomic mass is 10.1. The molecule has 1 aliphatic rings. The number of aromatic nitrogens is 2. The van der Waals surface area contributed by atoms with Crippen LogP contribution in [0, 0.1) is 0 Å². The number of hydrogen-bond donors (Lipinski definition) is 1. The van der Waals surface area contributed by atoms with Crippen molar-refractivity contribution in [1.29, 1.82) is 0 Å². The molecule has 0 bridgehead atoms. The minimum Gasteiger partial charge on any atom is -0.464 e. The Hall–Kier alpha value is -2.05. The van der Waals surface area contributed by atoms with Crippen LogP contribution in [0.4, 0.5) is 9.59 Å². The number of nitrogens with zero attached hydrogens (tertiary/aromatic N) is 3. The van der Waals surface area contributed by atoms with Crippen LogP contribution in [0.25, 0.3) is 0 Å². The Labute approximate surface area is 117 Å². The van der Waals surface area contributed by atoms with Crippen LogP contribution in [0.3, 0.4) is 0 Å². The molecule has 0 saturated carbocycles. The molecule has 1 fully saturated rings. The van der Waals surface area contributed by atoms with Crippen molar-refractivity contribution in [2.45, 2.75) is 45.3 Å². The maximum atomic E-state index is 12.2. The fraction of sp³-hybridized carbons (Fsp3) is 0.615. The Bertz CT molecular complexity index is 518. The molecule has 1 aliphatic heterocycles. The number of likely N-dealkylation sites (tertiary alicyclic amines) is 1. The maximum Gasteiger partial charge on any atom is 0.417 e. The van der Waals surface area contributed by atoms with Gasteiger partial charge in [-0.1, -0.05) is 0 Å². The number of amides is 1. The highest BCUT2D eigenvalue weighted by molar-refractivity contribution is 5.71. The third-order valence-corrected chi connectivity index (χ3v) is 3.10. The van der Waals surface area contributed by atoms with E-state index in [1.807, 2.05) is 0 Å². The third-order valence-electron chi connectivity index (χ3n) is 3.10. The molecule has 0 aliphatic carbocycles. The fourth-order valence-corrected chi connectivity index (χ4v) is 2.32. The molecule has 1 aromatic heterocycles. The highest BCUT2D eigenvalue weighted by Gasteiger charge is 2.35. The van der Waals surface area contributed by atoms with E-state index in [1.54, 1.807) is 25.7 Å². The highest BCUT2D eigenvalue weighted by atomic mass is 16.6. The van der Waals surface area contributed by atoms with Crippen molar-refractivity contribution in [1.82, 2.24) is 14.5 Å². The Morgan fingerprint density at radius 1 is 1.45 bits per heavy atom. The van der Waals surface area contributed by atoms with E-state index >= 15 is 0 Å². The van der Waals surface area contributed by atoms with Crippen molar-refractivity contribution in [3.05, 3.63) is 18.2 Å². The average Bonchev–Trinajstić information content (AvgIpc) is 2.95. The molecule has 110 valence electrons. The number of imidazole rings is 1. The van der Waals surface area contributed by atoms with Gasteiger partial charge in [0.15, 0.2) is 0 Å². The van der Waals surface area contributed by atoms with Crippen LogP contribution in [-0.4, -0.2) is 43.9 Å². The fourth-order valence-electron chi connectivity index (χ4n) is 2.32. The first-order chi connectivity index (χ1) is 9.29. The zero-order valence-corrected chi connectivity index (χ0v) is 11.9. The van der Waals surface area contributed by atoms with Gasteiger partial charge in [-0.3, -0.25) is 4.90 Å². The summed E-state index contributed by atoms with van der Waals surface area (Å²) >= 11 is 0. The van der Waals surface area contributed by atoms with Gasteiger partial charge in [0.05, 0.1) is 17.9 Å². The molecule has 1 aromatic rings. The molecule has 0 aromatic carbocycles. The minimum absolute atomic E-state index is 0.302. The molecule has 20 heavy (non-hydrogen) atoms. The van der Waals surface area contributed by atoms with Gasteiger partial charge in [-0.2, -0.15) is 0 Å². The van der Waals surface area contributed by atoms with Gasteiger partial charge >= 0.3 is 12.2 Å². The van der Waals surface area contributed by atoms with Crippen LogP contribution in [0.1, 0.15) is 45.3 Å². The van der Waals surface area contributed by atoms with E-state index in [0.717, 1.165) is 11.0 Å². The molecular formula is C13H19N3O4. The van der Waals surface area contributed by atoms with E-state index in [9.17, 15) is 9.59 Å². The molecule has 0 radical (unpaired) electrons. The highest BCUT2D eigenvalue weighted by Crippen LogP contribution is 2.32. The van der Waals surface area contributed by atoms with Gasteiger partial charge in [-0.25, -0.2) is 19.1 Å². The van der Waals surface area contributed by atoms with Crippen LogP contribution in [-0.2, 0) is 4.74 Å². The number of hydrogen-bond acceptors (Lipinski definition) is 4. The first-order valence-electron chi connectivity index (χ1n) is 6.55. The summed E-state index contributed by atoms with van der Waals surface area (Å²) in [6, 6.07) is -0.302. The standard InChI is InChI=1S/C13H19N3O4/c1-13(2,3)20-12(19)15-6-4-5-9(15)10-7-14-8-16(10)11(17)18/h7-9H,4-6H2,1-3H3,(H,17,18)/t9-/m0/s1. The predicted octanol–water partition coefficient (Wildman–Crippen LogP) is 2.48. The zero-order valence-electron chi connectivity index (χ0n) is 11.9. The topological polar surface area (TPSA) is 84.7 Å². The molecule has 7 nitrogen and oxygen atoms in total. The first kappa shape index (κ1) is 14.4. The summed E-state index contributed by atoms with van der Waals surface area (Å²) in [5, 5.41) is 9.11. The van der Waals surface area contributed by atoms with Gasteiger partial charge in [0.25, 0.3) is 0 Å². The lowest BCUT2D eigenvalue weighted by Gasteiger charge is -2.28. The molecular weight excluding hydrogens is 262 g/mol. The number of carboxylic acid groups (broad SMARTS) is 1. The Morgan fingerprint density at radius 3 is 2.75 bits per heavy atom. The normalized spacial score (nSPS) is 19.1. The van der Waals surface area contributed by atoms with Gasteiger partial charge in [0, 0.05) is 6.54 Å². The summed E-state index contributed by atoms with van der Waals surface area (Å²) in [6.45, 7) is 5.97. The van der Waals surface area contributed by atoms with Crippen LogP contribution in [0.15, 0.2) is 12.5 Å². The minimum atomic E-state index is -1.10. The lowest BCUT2D eigenvalue weighted by Crippen LogP contribution is -2.37. The summed E-state index contributed by atoms with van der Waals surface area (Å²) in [6.07, 6.45) is 2.73. The van der Waals surface area contributed by atoms with Crippen LogP contribution >= 0.6 is 0 Å². The summed E-state index contributed by atoms with van der Waals surface area (Å²) < 4.78 is 6.41. The number of carbonyl (C=O) groups is 2. The number of rotatable bonds is 1. The molecule has 0 unspecified atom stereocenters. The average molecular weight is 281 g/mol. The van der Waals surface area contributed by atoms with Gasteiger partial charge in [0.2, 0.25) is 0 Å². The molecule has 2 rings (SSSR count). The van der Waals surface area contributed by atoms with Crippen molar-refractivity contribution >= 4 is 12.2 Å². The van der Waals surface area contributed by atoms with Crippen molar-refractivity contribution in [3.8, 4) is 0 Å². The lowest BCUT2D eigenvalue weighted by molar-refractivity contribution is 0.0219. The van der Waals surface area contributed by atoms with Gasteiger partial charge in [-0.05, 0) is 33.6 Å². The largest absolute Gasteiger partial charge is 0.464 e. The second kappa shape index (κ2) is 5.15. The van der Waals surface area contributed by atoms with Crippen molar-refractivity contribution < 1.29 is 19.4 Å².